The highest BCUT2D eigenvalue weighted by Crippen LogP contribution is 2.26. The Morgan fingerprint density at radius 1 is 1.03 bits per heavy atom. The number of nitrogens with zero attached hydrogens (tertiary/aromatic N) is 1. The highest BCUT2D eigenvalue weighted by atomic mass is 19.4. The van der Waals surface area contributed by atoms with Gasteiger partial charge in [0.25, 0.3) is 0 Å². The average molecular weight is 437 g/mol. The monoisotopic (exact) mass is 437 g/mol. The van der Waals surface area contributed by atoms with Gasteiger partial charge in [-0.2, -0.15) is 13.2 Å². The lowest BCUT2D eigenvalue weighted by atomic mass is 10.1. The number of benzene rings is 2. The molecular weight excluding hydrogens is 418 g/mol. The molecule has 0 spiro atoms. The van der Waals surface area contributed by atoms with Crippen LogP contribution in [-0.2, 0) is 20.8 Å². The Kier molecular flexibility index (Phi) is 6.57. The average Bonchev–Trinajstić information content (AvgIpc) is 3.10. The molecule has 0 unspecified atom stereocenters. The summed E-state index contributed by atoms with van der Waals surface area (Å²) >= 11 is 0. The summed E-state index contributed by atoms with van der Waals surface area (Å²) in [5.74, 6) is -2.39. The van der Waals surface area contributed by atoms with E-state index in [9.17, 15) is 31.9 Å². The van der Waals surface area contributed by atoms with Gasteiger partial charge >= 0.3 is 6.18 Å². The van der Waals surface area contributed by atoms with Crippen LogP contribution < -0.4 is 15.5 Å². The molecule has 31 heavy (non-hydrogen) atoms. The first kappa shape index (κ1) is 22.3. The van der Waals surface area contributed by atoms with E-state index in [1.807, 2.05) is 0 Å². The molecule has 2 N–H and O–H groups in total. The van der Waals surface area contributed by atoms with Gasteiger partial charge in [-0.25, -0.2) is 4.39 Å². The minimum absolute atomic E-state index is 0.0146. The Hall–Kier alpha value is -3.43. The lowest BCUT2D eigenvalue weighted by Crippen LogP contribution is -2.34. The van der Waals surface area contributed by atoms with Gasteiger partial charge in [-0.1, -0.05) is 12.1 Å². The van der Waals surface area contributed by atoms with Crippen molar-refractivity contribution in [2.75, 3.05) is 23.3 Å². The topological polar surface area (TPSA) is 78.5 Å². The fraction of sp³-hybridized carbons (Fsp3) is 0.286. The maximum atomic E-state index is 13.1. The summed E-state index contributed by atoms with van der Waals surface area (Å²) in [5, 5.41) is 4.47. The number of hydrogen-bond acceptors (Lipinski definition) is 3. The molecule has 2 aromatic carbocycles. The lowest BCUT2D eigenvalue weighted by Gasteiger charge is -2.16. The van der Waals surface area contributed by atoms with Crippen LogP contribution in [0.25, 0.3) is 0 Å². The molecule has 1 saturated heterocycles. The second kappa shape index (κ2) is 9.15. The van der Waals surface area contributed by atoms with Crippen molar-refractivity contribution < 1.29 is 31.9 Å². The van der Waals surface area contributed by atoms with E-state index in [-0.39, 0.29) is 31.2 Å². The van der Waals surface area contributed by atoms with E-state index in [2.05, 4.69) is 5.32 Å². The Morgan fingerprint density at radius 3 is 2.29 bits per heavy atom. The third-order valence-electron chi connectivity index (χ3n) is 4.71. The van der Waals surface area contributed by atoms with Crippen molar-refractivity contribution in [1.29, 1.82) is 0 Å². The predicted molar refractivity (Wildman–Crippen MR) is 105 cm³/mol. The van der Waals surface area contributed by atoms with Gasteiger partial charge in [-0.15, -0.1) is 0 Å². The summed E-state index contributed by atoms with van der Waals surface area (Å²) in [5.41, 5.74) is 1.42. The van der Waals surface area contributed by atoms with Crippen molar-refractivity contribution in [1.82, 2.24) is 5.32 Å². The molecule has 2 aromatic rings. The molecule has 3 rings (SSSR count). The highest BCUT2D eigenvalue weighted by Gasteiger charge is 2.35. The van der Waals surface area contributed by atoms with E-state index in [1.54, 1.807) is 5.32 Å². The van der Waals surface area contributed by atoms with Gasteiger partial charge in [0.05, 0.1) is 12.3 Å². The van der Waals surface area contributed by atoms with Crippen LogP contribution in [0, 0.1) is 11.7 Å². The number of amides is 3. The van der Waals surface area contributed by atoms with E-state index < -0.39 is 30.4 Å². The molecule has 164 valence electrons. The van der Waals surface area contributed by atoms with Crippen molar-refractivity contribution in [3.8, 4) is 0 Å². The number of alkyl halides is 3. The van der Waals surface area contributed by atoms with Gasteiger partial charge in [0.15, 0.2) is 0 Å². The summed E-state index contributed by atoms with van der Waals surface area (Å²) in [6, 6.07) is 11.5. The van der Waals surface area contributed by atoms with Gasteiger partial charge in [0.2, 0.25) is 17.7 Å². The van der Waals surface area contributed by atoms with Crippen LogP contribution in [0.3, 0.4) is 0 Å². The number of nitrogens with one attached hydrogen (secondary N) is 2. The fourth-order valence-corrected chi connectivity index (χ4v) is 3.15. The minimum atomic E-state index is -4.47. The molecule has 0 aromatic heterocycles. The van der Waals surface area contributed by atoms with Gasteiger partial charge < -0.3 is 15.5 Å². The predicted octanol–water partition coefficient (Wildman–Crippen LogP) is 3.04. The minimum Gasteiger partial charge on any atom is -0.347 e. The molecule has 1 heterocycles. The van der Waals surface area contributed by atoms with Gasteiger partial charge in [-0.05, 0) is 42.0 Å². The van der Waals surface area contributed by atoms with E-state index in [0.29, 0.717) is 16.9 Å². The Labute approximate surface area is 175 Å². The third-order valence-corrected chi connectivity index (χ3v) is 4.71. The summed E-state index contributed by atoms with van der Waals surface area (Å²) in [6.45, 7) is -1.23. The standard InChI is InChI=1S/C21H19F4N3O3/c22-15-3-7-17(8-4-15)28-11-14(10-19(28)30)20(31)27-16-5-1-13(2-6-16)9-18(29)26-12-21(23,24)25/h1-8,14H,9-12H2,(H,26,29)(H,27,31)/t14-/m0/s1. The van der Waals surface area contributed by atoms with Gasteiger partial charge in [0, 0.05) is 24.3 Å². The van der Waals surface area contributed by atoms with Gasteiger partial charge in [0.1, 0.15) is 12.4 Å². The molecule has 1 aliphatic heterocycles. The first-order valence-corrected chi connectivity index (χ1v) is 9.40. The van der Waals surface area contributed by atoms with Crippen molar-refractivity contribution in [3.63, 3.8) is 0 Å². The van der Waals surface area contributed by atoms with E-state index in [4.69, 9.17) is 0 Å². The number of carbonyl (C=O) groups excluding carboxylic acids is 3. The number of halogens is 4. The van der Waals surface area contributed by atoms with E-state index in [0.717, 1.165) is 0 Å². The largest absolute Gasteiger partial charge is 0.405 e. The summed E-state index contributed by atoms with van der Waals surface area (Å²) in [4.78, 5) is 37.7. The zero-order valence-corrected chi connectivity index (χ0v) is 16.2. The highest BCUT2D eigenvalue weighted by molar-refractivity contribution is 6.03. The molecule has 0 saturated carbocycles. The van der Waals surface area contributed by atoms with E-state index >= 15 is 0 Å². The van der Waals surface area contributed by atoms with Crippen molar-refractivity contribution >= 4 is 29.1 Å². The maximum absolute atomic E-state index is 13.1. The maximum Gasteiger partial charge on any atom is 0.405 e. The molecule has 0 radical (unpaired) electrons. The lowest BCUT2D eigenvalue weighted by molar-refractivity contribution is -0.138. The van der Waals surface area contributed by atoms with Crippen LogP contribution in [0.1, 0.15) is 12.0 Å². The van der Waals surface area contributed by atoms with Crippen LogP contribution in [0.4, 0.5) is 28.9 Å². The Balaban J connectivity index is 1.53. The van der Waals surface area contributed by atoms with Crippen LogP contribution in [0.5, 0.6) is 0 Å². The zero-order chi connectivity index (χ0) is 22.6. The quantitative estimate of drug-likeness (QED) is 0.682. The summed E-state index contributed by atoms with van der Waals surface area (Å²) < 4.78 is 49.4. The second-order valence-corrected chi connectivity index (χ2v) is 7.14. The van der Waals surface area contributed by atoms with Crippen molar-refractivity contribution in [2.24, 2.45) is 5.92 Å². The van der Waals surface area contributed by atoms with Crippen LogP contribution in [-0.4, -0.2) is 37.0 Å². The molecule has 10 heteroatoms. The molecule has 1 aliphatic rings. The number of rotatable bonds is 6. The van der Waals surface area contributed by atoms with E-state index in [1.165, 1.54) is 53.4 Å². The first-order valence-electron chi connectivity index (χ1n) is 9.40. The van der Waals surface area contributed by atoms with Crippen molar-refractivity contribution in [3.05, 3.63) is 59.9 Å². The molecule has 3 amide bonds. The summed E-state index contributed by atoms with van der Waals surface area (Å²) in [7, 11) is 0. The normalized spacial score (nSPS) is 16.3. The van der Waals surface area contributed by atoms with Crippen LogP contribution >= 0.6 is 0 Å². The molecule has 0 bridgehead atoms. The summed E-state index contributed by atoms with van der Waals surface area (Å²) in [6.07, 6.45) is -4.69. The van der Waals surface area contributed by atoms with Gasteiger partial charge in [-0.3, -0.25) is 14.4 Å². The fourth-order valence-electron chi connectivity index (χ4n) is 3.15. The first-order chi connectivity index (χ1) is 14.6. The van der Waals surface area contributed by atoms with Crippen LogP contribution in [0.2, 0.25) is 0 Å². The molecule has 6 nitrogen and oxygen atoms in total. The third kappa shape index (κ3) is 6.27. The smallest absolute Gasteiger partial charge is 0.347 e. The SMILES string of the molecule is O=C(Cc1ccc(NC(=O)[C@H]2CC(=O)N(c3ccc(F)cc3)C2)cc1)NCC(F)(F)F. The molecule has 1 fully saturated rings. The Bertz CT molecular complexity index is 959. The number of hydrogen-bond donors (Lipinski definition) is 2. The molecular formula is C21H19F4N3O3. The number of anilines is 2. The van der Waals surface area contributed by atoms with Crippen molar-refractivity contribution in [2.45, 2.75) is 19.0 Å². The second-order valence-electron chi connectivity index (χ2n) is 7.14. The zero-order valence-electron chi connectivity index (χ0n) is 16.2. The molecule has 0 aliphatic carbocycles. The number of carbonyl (C=O) groups is 3. The molecule has 1 atom stereocenters. The van der Waals surface area contributed by atoms with Crippen LogP contribution in [0.15, 0.2) is 48.5 Å². The Morgan fingerprint density at radius 2 is 1.68 bits per heavy atom.